The van der Waals surface area contributed by atoms with Gasteiger partial charge in [0.15, 0.2) is 0 Å². The Hall–Kier alpha value is -2.38. The molecule has 0 atom stereocenters. The van der Waals surface area contributed by atoms with Crippen molar-refractivity contribution in [1.82, 2.24) is 14.5 Å². The Bertz CT molecular complexity index is 634. The van der Waals surface area contributed by atoms with Gasteiger partial charge in [-0.2, -0.15) is 13.2 Å². The highest BCUT2D eigenvalue weighted by Crippen LogP contribution is 2.28. The first-order chi connectivity index (χ1) is 8.88. The molecule has 0 unspecified atom stereocenters. The van der Waals surface area contributed by atoms with Crippen LogP contribution in [0.15, 0.2) is 35.4 Å². The molecule has 2 N–H and O–H groups in total. The molecule has 2 aromatic heterocycles. The molecule has 0 saturated heterocycles. The molecule has 2 aromatic rings. The Kier molecular flexibility index (Phi) is 3.24. The van der Waals surface area contributed by atoms with Crippen LogP contribution < -0.4 is 11.3 Å². The number of hydrogen-bond donors (Lipinski definition) is 1. The number of nitrogens with two attached hydrogens (primary N) is 1. The van der Waals surface area contributed by atoms with Gasteiger partial charge < -0.3 is 5.73 Å². The Labute approximate surface area is 105 Å². The summed E-state index contributed by atoms with van der Waals surface area (Å²) >= 11 is 0. The van der Waals surface area contributed by atoms with E-state index in [0.717, 1.165) is 18.2 Å². The molecular weight excluding hydrogens is 261 g/mol. The second-order valence-electron chi connectivity index (χ2n) is 3.77. The van der Waals surface area contributed by atoms with E-state index in [1.165, 1.54) is 12.4 Å². The zero-order chi connectivity index (χ0) is 14.0. The van der Waals surface area contributed by atoms with Gasteiger partial charge in [-0.05, 0) is 6.07 Å². The lowest BCUT2D eigenvalue weighted by Crippen LogP contribution is -2.28. The maximum atomic E-state index is 12.8. The van der Waals surface area contributed by atoms with E-state index in [2.05, 4.69) is 9.97 Å². The normalized spacial score (nSPS) is 11.5. The topological polar surface area (TPSA) is 73.8 Å². The number of hydrogen-bond acceptors (Lipinski definition) is 4. The lowest BCUT2D eigenvalue weighted by Gasteiger charge is -2.14. The minimum Gasteiger partial charge on any atom is -0.382 e. The summed E-state index contributed by atoms with van der Waals surface area (Å²) in [5.41, 5.74) is 3.76. The van der Waals surface area contributed by atoms with Crippen molar-refractivity contribution in [2.45, 2.75) is 12.7 Å². The van der Waals surface area contributed by atoms with Gasteiger partial charge in [0, 0.05) is 6.07 Å². The van der Waals surface area contributed by atoms with E-state index < -0.39 is 17.4 Å². The highest BCUT2D eigenvalue weighted by molar-refractivity contribution is 5.23. The summed E-state index contributed by atoms with van der Waals surface area (Å²) in [6.45, 7) is -0.318. The van der Waals surface area contributed by atoms with Crippen molar-refractivity contribution in [2.75, 3.05) is 5.73 Å². The molecule has 0 fully saturated rings. The second kappa shape index (κ2) is 4.71. The van der Waals surface area contributed by atoms with Crippen LogP contribution in [0, 0.1) is 0 Å². The van der Waals surface area contributed by atoms with Gasteiger partial charge in [0.2, 0.25) is 0 Å². The first kappa shape index (κ1) is 13.1. The third kappa shape index (κ3) is 2.90. The Balaban J connectivity index is 2.45. The molecular formula is C11H9F3N4O. The predicted molar refractivity (Wildman–Crippen MR) is 61.3 cm³/mol. The van der Waals surface area contributed by atoms with Gasteiger partial charge in [-0.15, -0.1) is 0 Å². The van der Waals surface area contributed by atoms with Crippen molar-refractivity contribution < 1.29 is 13.2 Å². The summed E-state index contributed by atoms with van der Waals surface area (Å²) in [6.07, 6.45) is -2.16. The summed E-state index contributed by atoms with van der Waals surface area (Å²) in [5.74, 6) is 0.153. The van der Waals surface area contributed by atoms with Gasteiger partial charge in [0.1, 0.15) is 11.5 Å². The first-order valence-corrected chi connectivity index (χ1v) is 5.21. The average molecular weight is 270 g/mol. The smallest absolute Gasteiger partial charge is 0.382 e. The summed E-state index contributed by atoms with van der Waals surface area (Å²) in [5, 5.41) is 0. The van der Waals surface area contributed by atoms with E-state index in [1.807, 2.05) is 0 Å². The van der Waals surface area contributed by atoms with Crippen molar-refractivity contribution in [3.63, 3.8) is 0 Å². The van der Waals surface area contributed by atoms with E-state index in [0.29, 0.717) is 4.57 Å². The molecule has 0 saturated carbocycles. The van der Waals surface area contributed by atoms with Crippen molar-refractivity contribution in [3.8, 4) is 0 Å². The van der Waals surface area contributed by atoms with Crippen LogP contribution in [-0.4, -0.2) is 14.5 Å². The lowest BCUT2D eigenvalue weighted by molar-refractivity contribution is -0.144. The molecule has 0 spiro atoms. The fraction of sp³-hybridized carbons (Fsp3) is 0.182. The number of aromatic nitrogens is 3. The molecule has 100 valence electrons. The summed E-state index contributed by atoms with van der Waals surface area (Å²) in [4.78, 5) is 19.1. The maximum Gasteiger partial charge on any atom is 0.431 e. The molecule has 0 aliphatic carbocycles. The molecule has 2 heterocycles. The first-order valence-electron chi connectivity index (χ1n) is 5.21. The third-order valence-electron chi connectivity index (χ3n) is 2.39. The van der Waals surface area contributed by atoms with Crippen LogP contribution in [0.3, 0.4) is 0 Å². The minimum atomic E-state index is -4.61. The highest BCUT2D eigenvalue weighted by Gasteiger charge is 2.34. The monoisotopic (exact) mass is 270 g/mol. The predicted octanol–water partition coefficient (Wildman–Crippen LogP) is 1.29. The molecule has 0 aliphatic heterocycles. The Morgan fingerprint density at radius 1 is 1.21 bits per heavy atom. The maximum absolute atomic E-state index is 12.8. The van der Waals surface area contributed by atoms with Gasteiger partial charge in [0.25, 0.3) is 5.56 Å². The van der Waals surface area contributed by atoms with E-state index in [9.17, 15) is 18.0 Å². The van der Waals surface area contributed by atoms with Crippen molar-refractivity contribution in [1.29, 1.82) is 0 Å². The molecule has 8 heteroatoms. The van der Waals surface area contributed by atoms with Crippen molar-refractivity contribution >= 4 is 5.82 Å². The highest BCUT2D eigenvalue weighted by atomic mass is 19.4. The molecule has 5 nitrogen and oxygen atoms in total. The Morgan fingerprint density at radius 2 is 1.95 bits per heavy atom. The molecule has 0 bridgehead atoms. The molecule has 0 amide bonds. The third-order valence-corrected chi connectivity index (χ3v) is 2.39. The standard InChI is InChI=1S/C11H9F3N4O/c12-11(13,14)8-2-1-3-10(19)18(8)6-7-4-17-9(15)5-16-7/h1-5H,6H2,(H2,15,17). The Morgan fingerprint density at radius 3 is 2.53 bits per heavy atom. The van der Waals surface area contributed by atoms with E-state index in [1.54, 1.807) is 0 Å². The lowest BCUT2D eigenvalue weighted by atomic mass is 10.3. The van der Waals surface area contributed by atoms with E-state index in [4.69, 9.17) is 5.73 Å². The van der Waals surface area contributed by atoms with Crippen LogP contribution >= 0.6 is 0 Å². The van der Waals surface area contributed by atoms with E-state index in [-0.39, 0.29) is 18.1 Å². The average Bonchev–Trinajstić information content (AvgIpc) is 2.33. The zero-order valence-electron chi connectivity index (χ0n) is 9.55. The van der Waals surface area contributed by atoms with Gasteiger partial charge in [0.05, 0.1) is 24.6 Å². The molecule has 0 radical (unpaired) electrons. The minimum absolute atomic E-state index is 0.153. The van der Waals surface area contributed by atoms with Crippen LogP contribution in [0.2, 0.25) is 0 Å². The van der Waals surface area contributed by atoms with Gasteiger partial charge in [-0.1, -0.05) is 6.07 Å². The van der Waals surface area contributed by atoms with Crippen molar-refractivity contribution in [2.24, 2.45) is 0 Å². The number of nitrogens with zero attached hydrogens (tertiary/aromatic N) is 3. The van der Waals surface area contributed by atoms with Crippen LogP contribution in [0.5, 0.6) is 0 Å². The SMILES string of the molecule is Nc1cnc(Cn2c(C(F)(F)F)cccc2=O)cn1. The molecule has 0 aromatic carbocycles. The number of alkyl halides is 3. The fourth-order valence-electron chi connectivity index (χ4n) is 1.54. The number of rotatable bonds is 2. The van der Waals surface area contributed by atoms with Crippen LogP contribution in [0.25, 0.3) is 0 Å². The molecule has 2 rings (SSSR count). The summed E-state index contributed by atoms with van der Waals surface area (Å²) in [7, 11) is 0. The van der Waals surface area contributed by atoms with Crippen LogP contribution in [-0.2, 0) is 12.7 Å². The quantitative estimate of drug-likeness (QED) is 0.892. The van der Waals surface area contributed by atoms with E-state index >= 15 is 0 Å². The summed E-state index contributed by atoms with van der Waals surface area (Å²) in [6, 6.07) is 2.96. The number of nitrogen functional groups attached to an aromatic ring is 1. The molecule has 0 aliphatic rings. The number of pyridine rings is 1. The largest absolute Gasteiger partial charge is 0.431 e. The second-order valence-corrected chi connectivity index (χ2v) is 3.77. The number of anilines is 1. The molecule has 19 heavy (non-hydrogen) atoms. The van der Waals surface area contributed by atoms with Crippen LogP contribution in [0.1, 0.15) is 11.4 Å². The fourth-order valence-corrected chi connectivity index (χ4v) is 1.54. The van der Waals surface area contributed by atoms with Gasteiger partial charge in [-0.3, -0.25) is 14.3 Å². The summed E-state index contributed by atoms with van der Waals surface area (Å²) < 4.78 is 38.9. The number of halogens is 3. The van der Waals surface area contributed by atoms with Crippen LogP contribution in [0.4, 0.5) is 19.0 Å². The van der Waals surface area contributed by atoms with Gasteiger partial charge >= 0.3 is 6.18 Å². The van der Waals surface area contributed by atoms with Crippen molar-refractivity contribution in [3.05, 3.63) is 52.3 Å². The van der Waals surface area contributed by atoms with Gasteiger partial charge in [-0.25, -0.2) is 4.98 Å². The zero-order valence-corrected chi connectivity index (χ0v) is 9.55.